The van der Waals surface area contributed by atoms with E-state index in [0.717, 1.165) is 21.3 Å². The van der Waals surface area contributed by atoms with Crippen LogP contribution in [0.25, 0.3) is 10.2 Å². The minimum Gasteiger partial charge on any atom is -0.493 e. The lowest BCUT2D eigenvalue weighted by Gasteiger charge is -2.15. The number of rotatable bonds is 7. The lowest BCUT2D eigenvalue weighted by molar-refractivity contribution is -0.116. The maximum absolute atomic E-state index is 12.4. The highest BCUT2D eigenvalue weighted by Gasteiger charge is 2.17. The fraction of sp³-hybridized carbons (Fsp3) is 0.300. The average Bonchev–Trinajstić information content (AvgIpc) is 3.09. The van der Waals surface area contributed by atoms with E-state index in [1.807, 2.05) is 37.3 Å². The van der Waals surface area contributed by atoms with E-state index in [4.69, 9.17) is 14.2 Å². The molecule has 0 bridgehead atoms. The van der Waals surface area contributed by atoms with E-state index in [1.54, 1.807) is 21.3 Å². The van der Waals surface area contributed by atoms with E-state index in [-0.39, 0.29) is 5.91 Å². The summed E-state index contributed by atoms with van der Waals surface area (Å²) in [5.41, 5.74) is 2.91. The smallest absolute Gasteiger partial charge is 0.226 e. The molecule has 3 rings (SSSR count). The minimum atomic E-state index is -0.0939. The first-order chi connectivity index (χ1) is 13.1. The highest BCUT2D eigenvalue weighted by atomic mass is 32.1. The molecule has 0 saturated heterocycles. The van der Waals surface area contributed by atoms with Crippen LogP contribution in [0.5, 0.6) is 17.2 Å². The van der Waals surface area contributed by atoms with Crippen LogP contribution in [0.1, 0.15) is 17.5 Å². The Balaban J connectivity index is 1.71. The predicted molar refractivity (Wildman–Crippen MR) is 107 cm³/mol. The zero-order chi connectivity index (χ0) is 19.4. The largest absolute Gasteiger partial charge is 0.493 e. The average molecular weight is 386 g/mol. The number of ether oxygens (including phenoxy) is 3. The number of hydrogen-bond donors (Lipinski definition) is 1. The van der Waals surface area contributed by atoms with Gasteiger partial charge in [0.15, 0.2) is 16.6 Å². The number of fused-ring (bicyclic) bond motifs is 1. The second-order valence-electron chi connectivity index (χ2n) is 5.98. The molecule has 7 heteroatoms. The van der Waals surface area contributed by atoms with Gasteiger partial charge in [0.25, 0.3) is 0 Å². The molecule has 0 fully saturated rings. The van der Waals surface area contributed by atoms with Gasteiger partial charge in [0.1, 0.15) is 0 Å². The second kappa shape index (κ2) is 8.26. The summed E-state index contributed by atoms with van der Waals surface area (Å²) in [6, 6.07) is 9.70. The standard InChI is InChI=1S/C20H22N2O4S/c1-12-6-5-7-15-17(12)22-20(27-15)21-16(23)11-9-13-8-10-14(24-2)19(26-4)18(13)25-3/h5-8,10H,9,11H2,1-4H3,(H,21,22,23). The number of para-hydroxylation sites is 1. The number of benzene rings is 2. The molecule has 0 atom stereocenters. The first-order valence-corrected chi connectivity index (χ1v) is 9.33. The number of thiazole rings is 1. The molecular weight excluding hydrogens is 364 g/mol. The monoisotopic (exact) mass is 386 g/mol. The summed E-state index contributed by atoms with van der Waals surface area (Å²) in [5.74, 6) is 1.61. The number of aromatic nitrogens is 1. The molecule has 0 saturated carbocycles. The van der Waals surface area contributed by atoms with E-state index >= 15 is 0 Å². The first kappa shape index (κ1) is 19.0. The lowest BCUT2D eigenvalue weighted by atomic mass is 10.1. The minimum absolute atomic E-state index is 0.0939. The molecular formula is C20H22N2O4S. The van der Waals surface area contributed by atoms with Gasteiger partial charge in [-0.1, -0.05) is 29.5 Å². The van der Waals surface area contributed by atoms with Crippen molar-refractivity contribution in [2.45, 2.75) is 19.8 Å². The van der Waals surface area contributed by atoms with Gasteiger partial charge in [-0.15, -0.1) is 0 Å². The third kappa shape index (κ3) is 3.98. The summed E-state index contributed by atoms with van der Waals surface area (Å²) in [6.45, 7) is 2.01. The molecule has 1 amide bonds. The SMILES string of the molecule is COc1ccc(CCC(=O)Nc2nc3c(C)cccc3s2)c(OC)c1OC. The fourth-order valence-corrected chi connectivity index (χ4v) is 3.89. The van der Waals surface area contributed by atoms with Gasteiger partial charge in [-0.2, -0.15) is 0 Å². The Kier molecular flexibility index (Phi) is 5.81. The van der Waals surface area contributed by atoms with Gasteiger partial charge < -0.3 is 19.5 Å². The lowest BCUT2D eigenvalue weighted by Crippen LogP contribution is -2.12. The van der Waals surface area contributed by atoms with Crippen LogP contribution in [0.3, 0.4) is 0 Å². The maximum atomic E-state index is 12.4. The van der Waals surface area contributed by atoms with Gasteiger partial charge in [0.05, 0.1) is 31.5 Å². The van der Waals surface area contributed by atoms with Gasteiger partial charge in [0, 0.05) is 6.42 Å². The Morgan fingerprint density at radius 1 is 1.07 bits per heavy atom. The van der Waals surface area contributed by atoms with Crippen molar-refractivity contribution in [2.24, 2.45) is 0 Å². The molecule has 142 valence electrons. The Hall–Kier alpha value is -2.80. The van der Waals surface area contributed by atoms with E-state index in [1.165, 1.54) is 11.3 Å². The summed E-state index contributed by atoms with van der Waals surface area (Å²) in [5, 5.41) is 3.50. The molecule has 0 radical (unpaired) electrons. The van der Waals surface area contributed by atoms with Gasteiger partial charge in [-0.05, 0) is 36.6 Å². The van der Waals surface area contributed by atoms with Crippen LogP contribution in [0, 0.1) is 6.92 Å². The molecule has 6 nitrogen and oxygen atoms in total. The number of carbonyl (C=O) groups excluding carboxylic acids is 1. The van der Waals surface area contributed by atoms with Crippen LogP contribution < -0.4 is 19.5 Å². The molecule has 0 aliphatic heterocycles. The number of nitrogens with one attached hydrogen (secondary N) is 1. The van der Waals surface area contributed by atoms with Crippen LogP contribution in [-0.2, 0) is 11.2 Å². The first-order valence-electron chi connectivity index (χ1n) is 8.51. The molecule has 0 aliphatic carbocycles. The van der Waals surface area contributed by atoms with Gasteiger partial charge in [0.2, 0.25) is 11.7 Å². The van der Waals surface area contributed by atoms with Crippen LogP contribution in [0.2, 0.25) is 0 Å². The van der Waals surface area contributed by atoms with Crippen molar-refractivity contribution in [3.8, 4) is 17.2 Å². The normalized spacial score (nSPS) is 10.7. The second-order valence-corrected chi connectivity index (χ2v) is 7.01. The Labute approximate surface area is 162 Å². The summed E-state index contributed by atoms with van der Waals surface area (Å²) in [4.78, 5) is 16.9. The van der Waals surface area contributed by atoms with Gasteiger partial charge in [-0.3, -0.25) is 4.79 Å². The van der Waals surface area contributed by atoms with Crippen molar-refractivity contribution in [2.75, 3.05) is 26.6 Å². The van der Waals surface area contributed by atoms with Crippen molar-refractivity contribution in [1.82, 2.24) is 4.98 Å². The molecule has 27 heavy (non-hydrogen) atoms. The summed E-state index contributed by atoms with van der Waals surface area (Å²) in [7, 11) is 4.71. The molecule has 3 aromatic rings. The number of anilines is 1. The molecule has 0 spiro atoms. The summed E-state index contributed by atoms with van der Waals surface area (Å²) >= 11 is 1.48. The van der Waals surface area contributed by atoms with Crippen LogP contribution in [0.4, 0.5) is 5.13 Å². The van der Waals surface area contributed by atoms with Gasteiger partial charge in [-0.25, -0.2) is 4.98 Å². The highest BCUT2D eigenvalue weighted by Crippen LogP contribution is 2.40. The van der Waals surface area contributed by atoms with Crippen LogP contribution in [-0.4, -0.2) is 32.2 Å². The van der Waals surface area contributed by atoms with E-state index in [2.05, 4.69) is 10.3 Å². The Morgan fingerprint density at radius 3 is 2.52 bits per heavy atom. The summed E-state index contributed by atoms with van der Waals surface area (Å²) in [6.07, 6.45) is 0.819. The number of carbonyl (C=O) groups is 1. The van der Waals surface area contributed by atoms with E-state index < -0.39 is 0 Å². The topological polar surface area (TPSA) is 69.7 Å². The molecule has 2 aromatic carbocycles. The zero-order valence-corrected chi connectivity index (χ0v) is 16.6. The van der Waals surface area contributed by atoms with Crippen molar-refractivity contribution in [1.29, 1.82) is 0 Å². The van der Waals surface area contributed by atoms with E-state index in [9.17, 15) is 4.79 Å². The van der Waals surface area contributed by atoms with Crippen LogP contribution >= 0.6 is 11.3 Å². The third-order valence-electron chi connectivity index (χ3n) is 4.27. The van der Waals surface area contributed by atoms with Crippen molar-refractivity contribution in [3.63, 3.8) is 0 Å². The van der Waals surface area contributed by atoms with Crippen molar-refractivity contribution in [3.05, 3.63) is 41.5 Å². The number of hydrogen-bond acceptors (Lipinski definition) is 6. The highest BCUT2D eigenvalue weighted by molar-refractivity contribution is 7.22. The quantitative estimate of drug-likeness (QED) is 0.659. The number of aryl methyl sites for hydroxylation is 2. The number of methoxy groups -OCH3 is 3. The van der Waals surface area contributed by atoms with Crippen molar-refractivity contribution < 1.29 is 19.0 Å². The predicted octanol–water partition coefficient (Wildman–Crippen LogP) is 4.20. The van der Waals surface area contributed by atoms with Gasteiger partial charge >= 0.3 is 0 Å². The molecule has 1 heterocycles. The molecule has 0 unspecified atom stereocenters. The zero-order valence-electron chi connectivity index (χ0n) is 15.8. The van der Waals surface area contributed by atoms with Crippen LogP contribution in [0.15, 0.2) is 30.3 Å². The summed E-state index contributed by atoms with van der Waals surface area (Å²) < 4.78 is 17.2. The Morgan fingerprint density at radius 2 is 1.85 bits per heavy atom. The number of nitrogens with zero attached hydrogens (tertiary/aromatic N) is 1. The van der Waals surface area contributed by atoms with Crippen molar-refractivity contribution >= 4 is 32.6 Å². The fourth-order valence-electron chi connectivity index (χ4n) is 2.93. The number of amides is 1. The third-order valence-corrected chi connectivity index (χ3v) is 5.21. The van der Waals surface area contributed by atoms with E-state index in [0.29, 0.717) is 35.2 Å². The Bertz CT molecular complexity index is 968. The maximum Gasteiger partial charge on any atom is 0.226 e. The molecule has 1 N–H and O–H groups in total. The molecule has 1 aromatic heterocycles. The molecule has 0 aliphatic rings.